The van der Waals surface area contributed by atoms with Crippen LogP contribution < -0.4 is 10.6 Å². The maximum absolute atomic E-state index is 11.1. The zero-order valence-electron chi connectivity index (χ0n) is 10.7. The Kier molecular flexibility index (Phi) is 3.87. The third-order valence-corrected chi connectivity index (χ3v) is 3.76. The van der Waals surface area contributed by atoms with E-state index in [0.717, 1.165) is 42.7 Å². The van der Waals surface area contributed by atoms with Crippen LogP contribution in [-0.4, -0.2) is 24.1 Å². The molecular formula is C14H20N2O2. The highest BCUT2D eigenvalue weighted by molar-refractivity contribution is 5.77. The Hall–Kier alpha value is -1.55. The standard InChI is InChI=1S/C14H20N2O2/c1-10-8-13(3-2-12(10)9-17)16-6-4-11(5-7-16)14(15)18/h2-3,8,11,17H,4-7,9H2,1H3,(H2,15,18). The molecule has 0 spiro atoms. The largest absolute Gasteiger partial charge is 0.392 e. The normalized spacial score (nSPS) is 16.9. The van der Waals surface area contributed by atoms with Crippen molar-refractivity contribution in [2.45, 2.75) is 26.4 Å². The Morgan fingerprint density at radius 1 is 1.44 bits per heavy atom. The summed E-state index contributed by atoms with van der Waals surface area (Å²) in [6.07, 6.45) is 1.66. The van der Waals surface area contributed by atoms with Crippen molar-refractivity contribution in [3.8, 4) is 0 Å². The molecule has 2 rings (SSSR count). The van der Waals surface area contributed by atoms with Crippen LogP contribution >= 0.6 is 0 Å². The van der Waals surface area contributed by atoms with E-state index in [-0.39, 0.29) is 18.4 Å². The molecule has 1 fully saturated rings. The monoisotopic (exact) mass is 248 g/mol. The van der Waals surface area contributed by atoms with E-state index in [4.69, 9.17) is 10.8 Å². The molecule has 0 unspecified atom stereocenters. The van der Waals surface area contributed by atoms with E-state index in [1.54, 1.807) is 0 Å². The summed E-state index contributed by atoms with van der Waals surface area (Å²) >= 11 is 0. The lowest BCUT2D eigenvalue weighted by Gasteiger charge is -2.32. The van der Waals surface area contributed by atoms with Crippen LogP contribution in [0.1, 0.15) is 24.0 Å². The fourth-order valence-corrected chi connectivity index (χ4v) is 2.48. The van der Waals surface area contributed by atoms with Gasteiger partial charge in [-0.25, -0.2) is 0 Å². The van der Waals surface area contributed by atoms with Crippen molar-refractivity contribution in [1.82, 2.24) is 0 Å². The van der Waals surface area contributed by atoms with Crippen molar-refractivity contribution >= 4 is 11.6 Å². The summed E-state index contributed by atoms with van der Waals surface area (Å²) in [6, 6.07) is 6.09. The first-order valence-electron chi connectivity index (χ1n) is 6.36. The summed E-state index contributed by atoms with van der Waals surface area (Å²) in [5.41, 5.74) is 8.56. The molecule has 1 aromatic carbocycles. The highest BCUT2D eigenvalue weighted by Gasteiger charge is 2.23. The van der Waals surface area contributed by atoms with Crippen molar-refractivity contribution in [2.75, 3.05) is 18.0 Å². The summed E-state index contributed by atoms with van der Waals surface area (Å²) in [6.45, 7) is 3.82. The molecule has 3 N–H and O–H groups in total. The Bertz CT molecular complexity index is 437. The third kappa shape index (κ3) is 2.64. The number of hydrogen-bond donors (Lipinski definition) is 2. The molecule has 98 valence electrons. The van der Waals surface area contributed by atoms with Crippen LogP contribution in [0.5, 0.6) is 0 Å². The number of aliphatic hydroxyl groups excluding tert-OH is 1. The van der Waals surface area contributed by atoms with E-state index in [1.165, 1.54) is 0 Å². The van der Waals surface area contributed by atoms with Gasteiger partial charge in [-0.15, -0.1) is 0 Å². The lowest BCUT2D eigenvalue weighted by atomic mass is 9.95. The molecule has 1 aromatic rings. The molecule has 1 amide bonds. The lowest BCUT2D eigenvalue weighted by Crippen LogP contribution is -2.38. The Morgan fingerprint density at radius 3 is 2.61 bits per heavy atom. The average molecular weight is 248 g/mol. The number of nitrogens with two attached hydrogens (primary N) is 1. The molecule has 0 bridgehead atoms. The first-order valence-corrected chi connectivity index (χ1v) is 6.36. The molecule has 0 aromatic heterocycles. The zero-order valence-corrected chi connectivity index (χ0v) is 10.7. The van der Waals surface area contributed by atoms with Crippen LogP contribution in [0, 0.1) is 12.8 Å². The van der Waals surface area contributed by atoms with Crippen molar-refractivity contribution in [1.29, 1.82) is 0 Å². The maximum atomic E-state index is 11.1. The van der Waals surface area contributed by atoms with Crippen molar-refractivity contribution in [3.63, 3.8) is 0 Å². The highest BCUT2D eigenvalue weighted by atomic mass is 16.3. The van der Waals surface area contributed by atoms with E-state index >= 15 is 0 Å². The van der Waals surface area contributed by atoms with Gasteiger partial charge in [-0.1, -0.05) is 6.07 Å². The molecule has 1 saturated heterocycles. The van der Waals surface area contributed by atoms with E-state index in [0.29, 0.717) is 0 Å². The van der Waals surface area contributed by atoms with Crippen LogP contribution in [0.4, 0.5) is 5.69 Å². The molecule has 0 aliphatic carbocycles. The van der Waals surface area contributed by atoms with Gasteiger partial charge in [0.05, 0.1) is 6.61 Å². The van der Waals surface area contributed by atoms with Gasteiger partial charge < -0.3 is 15.7 Å². The minimum Gasteiger partial charge on any atom is -0.392 e. The fraction of sp³-hybridized carbons (Fsp3) is 0.500. The van der Waals surface area contributed by atoms with Crippen LogP contribution in [0.3, 0.4) is 0 Å². The minimum atomic E-state index is -0.179. The summed E-state index contributed by atoms with van der Waals surface area (Å²) in [7, 11) is 0. The highest BCUT2D eigenvalue weighted by Crippen LogP contribution is 2.25. The second-order valence-electron chi connectivity index (χ2n) is 4.93. The van der Waals surface area contributed by atoms with Crippen molar-refractivity contribution < 1.29 is 9.90 Å². The number of aryl methyl sites for hydroxylation is 1. The van der Waals surface area contributed by atoms with Gasteiger partial charge in [0.15, 0.2) is 0 Å². The van der Waals surface area contributed by atoms with Crippen molar-refractivity contribution in [2.24, 2.45) is 11.7 Å². The molecular weight excluding hydrogens is 228 g/mol. The minimum absolute atomic E-state index is 0.0269. The zero-order chi connectivity index (χ0) is 13.1. The van der Waals surface area contributed by atoms with Crippen LogP contribution in [0.2, 0.25) is 0 Å². The van der Waals surface area contributed by atoms with Gasteiger partial charge in [0.25, 0.3) is 0 Å². The van der Waals surface area contributed by atoms with E-state index < -0.39 is 0 Å². The van der Waals surface area contributed by atoms with Gasteiger partial charge in [-0.3, -0.25) is 4.79 Å². The summed E-state index contributed by atoms with van der Waals surface area (Å²) in [5.74, 6) is -0.152. The predicted octanol–water partition coefficient (Wildman–Crippen LogP) is 1.19. The number of hydrogen-bond acceptors (Lipinski definition) is 3. The number of benzene rings is 1. The summed E-state index contributed by atoms with van der Waals surface area (Å²) in [4.78, 5) is 13.4. The number of aliphatic hydroxyl groups is 1. The maximum Gasteiger partial charge on any atom is 0.220 e. The molecule has 18 heavy (non-hydrogen) atoms. The average Bonchev–Trinajstić information content (AvgIpc) is 2.38. The molecule has 1 aliphatic rings. The van der Waals surface area contributed by atoms with Gasteiger partial charge in [-0.05, 0) is 43.0 Å². The van der Waals surface area contributed by atoms with E-state index in [1.807, 2.05) is 19.1 Å². The molecule has 4 heteroatoms. The third-order valence-electron chi connectivity index (χ3n) is 3.76. The van der Waals surface area contributed by atoms with Gasteiger partial charge in [0, 0.05) is 24.7 Å². The Balaban J connectivity index is 2.05. The molecule has 4 nitrogen and oxygen atoms in total. The van der Waals surface area contributed by atoms with Crippen LogP contribution in [0.15, 0.2) is 18.2 Å². The number of anilines is 1. The smallest absolute Gasteiger partial charge is 0.220 e. The van der Waals surface area contributed by atoms with Gasteiger partial charge in [0.1, 0.15) is 0 Å². The SMILES string of the molecule is Cc1cc(N2CCC(C(N)=O)CC2)ccc1CO. The predicted molar refractivity (Wildman–Crippen MR) is 71.2 cm³/mol. The molecule has 1 aliphatic heterocycles. The number of primary amides is 1. The lowest BCUT2D eigenvalue weighted by molar-refractivity contribution is -0.122. The van der Waals surface area contributed by atoms with E-state index in [9.17, 15) is 4.79 Å². The topological polar surface area (TPSA) is 66.6 Å². The second-order valence-corrected chi connectivity index (χ2v) is 4.93. The number of carbonyl (C=O) groups is 1. The van der Waals surface area contributed by atoms with Gasteiger partial charge in [0.2, 0.25) is 5.91 Å². The molecule has 0 saturated carbocycles. The summed E-state index contributed by atoms with van der Waals surface area (Å²) in [5, 5.41) is 9.15. The van der Waals surface area contributed by atoms with Gasteiger partial charge in [-0.2, -0.15) is 0 Å². The number of nitrogens with zero attached hydrogens (tertiary/aromatic N) is 1. The number of rotatable bonds is 3. The van der Waals surface area contributed by atoms with Crippen molar-refractivity contribution in [3.05, 3.63) is 29.3 Å². The number of amides is 1. The molecule has 0 radical (unpaired) electrons. The number of piperidine rings is 1. The number of carbonyl (C=O) groups excluding carboxylic acids is 1. The van der Waals surface area contributed by atoms with Crippen LogP contribution in [0.25, 0.3) is 0 Å². The first-order chi connectivity index (χ1) is 8.61. The molecule has 0 atom stereocenters. The second kappa shape index (κ2) is 5.40. The Morgan fingerprint density at radius 2 is 2.11 bits per heavy atom. The van der Waals surface area contributed by atoms with E-state index in [2.05, 4.69) is 11.0 Å². The quantitative estimate of drug-likeness (QED) is 0.844. The van der Waals surface area contributed by atoms with Gasteiger partial charge >= 0.3 is 0 Å². The first kappa shape index (κ1) is 12.9. The Labute approximate surface area is 107 Å². The fourth-order valence-electron chi connectivity index (χ4n) is 2.48. The summed E-state index contributed by atoms with van der Waals surface area (Å²) < 4.78 is 0. The van der Waals surface area contributed by atoms with Crippen LogP contribution in [-0.2, 0) is 11.4 Å². The molecule has 1 heterocycles.